The maximum absolute atomic E-state index is 12.3. The van der Waals surface area contributed by atoms with Crippen molar-refractivity contribution in [2.75, 3.05) is 25.1 Å². The molecule has 4 nitrogen and oxygen atoms in total. The second kappa shape index (κ2) is 6.28. The maximum atomic E-state index is 12.3. The number of Topliss-reactive ketones (excluding diaryl/α,β-unsaturated/α-hetero) is 1. The van der Waals surface area contributed by atoms with Gasteiger partial charge in [-0.05, 0) is 42.8 Å². The lowest BCUT2D eigenvalue weighted by molar-refractivity contribution is 0.100. The van der Waals surface area contributed by atoms with Gasteiger partial charge in [-0.1, -0.05) is 17.7 Å². The van der Waals surface area contributed by atoms with Crippen LogP contribution in [0, 0.1) is 6.92 Å². The fraction of sp³-hybridized carbons (Fsp3) is 0.235. The van der Waals surface area contributed by atoms with E-state index in [0.717, 1.165) is 11.3 Å². The van der Waals surface area contributed by atoms with Gasteiger partial charge >= 0.3 is 0 Å². The standard InChI is InChI=1S/C17H16ClNO3/c1-11-2-4-13(18)9-14(11)19-10-15(20)12-3-5-16-17(8-12)22-7-6-21-16/h2-5,8-9,19H,6-7,10H2,1H3. The Balaban J connectivity index is 1.70. The van der Waals surface area contributed by atoms with E-state index in [-0.39, 0.29) is 12.3 Å². The Labute approximate surface area is 134 Å². The topological polar surface area (TPSA) is 47.6 Å². The Morgan fingerprint density at radius 3 is 2.73 bits per heavy atom. The second-order valence-electron chi connectivity index (χ2n) is 5.09. The summed E-state index contributed by atoms with van der Waals surface area (Å²) in [7, 11) is 0. The normalized spacial score (nSPS) is 12.8. The molecule has 1 aliphatic heterocycles. The van der Waals surface area contributed by atoms with Crippen LogP contribution in [0.5, 0.6) is 11.5 Å². The molecule has 1 aliphatic rings. The molecule has 0 amide bonds. The molecular formula is C17H16ClNO3. The van der Waals surface area contributed by atoms with Gasteiger partial charge in [0.2, 0.25) is 0 Å². The molecule has 22 heavy (non-hydrogen) atoms. The number of benzene rings is 2. The number of carbonyl (C=O) groups excluding carboxylic acids is 1. The first kappa shape index (κ1) is 14.7. The quantitative estimate of drug-likeness (QED) is 0.873. The molecule has 0 bridgehead atoms. The van der Waals surface area contributed by atoms with Gasteiger partial charge in [-0.15, -0.1) is 0 Å². The van der Waals surface area contributed by atoms with Crippen LogP contribution < -0.4 is 14.8 Å². The number of carbonyl (C=O) groups is 1. The van der Waals surface area contributed by atoms with Crippen LogP contribution in [0.3, 0.4) is 0 Å². The van der Waals surface area contributed by atoms with Crippen molar-refractivity contribution in [3.63, 3.8) is 0 Å². The number of rotatable bonds is 4. The molecule has 1 N–H and O–H groups in total. The summed E-state index contributed by atoms with van der Waals surface area (Å²) < 4.78 is 10.9. The smallest absolute Gasteiger partial charge is 0.181 e. The van der Waals surface area contributed by atoms with Crippen molar-refractivity contribution < 1.29 is 14.3 Å². The van der Waals surface area contributed by atoms with Crippen LogP contribution in [-0.2, 0) is 0 Å². The van der Waals surface area contributed by atoms with Crippen molar-refractivity contribution in [2.24, 2.45) is 0 Å². The van der Waals surface area contributed by atoms with Crippen molar-refractivity contribution in [2.45, 2.75) is 6.92 Å². The first-order valence-corrected chi connectivity index (χ1v) is 7.44. The molecule has 2 aromatic rings. The summed E-state index contributed by atoms with van der Waals surface area (Å²) in [4.78, 5) is 12.3. The van der Waals surface area contributed by atoms with Crippen LogP contribution in [0.2, 0.25) is 5.02 Å². The van der Waals surface area contributed by atoms with Gasteiger partial charge in [0, 0.05) is 16.3 Å². The van der Waals surface area contributed by atoms with E-state index in [4.69, 9.17) is 21.1 Å². The molecular weight excluding hydrogens is 302 g/mol. The lowest BCUT2D eigenvalue weighted by atomic mass is 10.1. The Hall–Kier alpha value is -2.20. The number of fused-ring (bicyclic) bond motifs is 1. The van der Waals surface area contributed by atoms with E-state index in [1.807, 2.05) is 25.1 Å². The molecule has 1 heterocycles. The molecule has 3 rings (SSSR count). The molecule has 2 aromatic carbocycles. The average molecular weight is 318 g/mol. The van der Waals surface area contributed by atoms with E-state index in [1.54, 1.807) is 18.2 Å². The zero-order valence-corrected chi connectivity index (χ0v) is 12.9. The summed E-state index contributed by atoms with van der Waals surface area (Å²) in [6.45, 7) is 3.20. The number of hydrogen-bond acceptors (Lipinski definition) is 4. The number of hydrogen-bond donors (Lipinski definition) is 1. The van der Waals surface area contributed by atoms with E-state index in [2.05, 4.69) is 5.32 Å². The predicted molar refractivity (Wildman–Crippen MR) is 86.4 cm³/mol. The summed E-state index contributed by atoms with van der Waals surface area (Å²) in [5.74, 6) is 1.29. The SMILES string of the molecule is Cc1ccc(Cl)cc1NCC(=O)c1ccc2c(c1)OCCO2. The highest BCUT2D eigenvalue weighted by atomic mass is 35.5. The van der Waals surface area contributed by atoms with Crippen molar-refractivity contribution in [3.05, 3.63) is 52.5 Å². The number of aryl methyl sites for hydroxylation is 1. The third-order valence-electron chi connectivity index (χ3n) is 3.50. The molecule has 0 aliphatic carbocycles. The molecule has 0 radical (unpaired) electrons. The first-order valence-electron chi connectivity index (χ1n) is 7.06. The second-order valence-corrected chi connectivity index (χ2v) is 5.53. The van der Waals surface area contributed by atoms with Gasteiger partial charge in [0.1, 0.15) is 13.2 Å². The molecule has 114 valence electrons. The molecule has 0 unspecified atom stereocenters. The van der Waals surface area contributed by atoms with Gasteiger partial charge in [-0.3, -0.25) is 4.79 Å². The Morgan fingerprint density at radius 2 is 1.91 bits per heavy atom. The van der Waals surface area contributed by atoms with Crippen LogP contribution in [0.25, 0.3) is 0 Å². The lowest BCUT2D eigenvalue weighted by Crippen LogP contribution is -2.17. The molecule has 0 saturated carbocycles. The van der Waals surface area contributed by atoms with Crippen LogP contribution in [-0.4, -0.2) is 25.5 Å². The van der Waals surface area contributed by atoms with E-state index < -0.39 is 0 Å². The zero-order valence-electron chi connectivity index (χ0n) is 12.2. The molecule has 0 saturated heterocycles. The first-order chi connectivity index (χ1) is 10.6. The summed E-state index contributed by atoms with van der Waals surface area (Å²) in [5.41, 5.74) is 2.49. The van der Waals surface area contributed by atoms with Crippen molar-refractivity contribution >= 4 is 23.1 Å². The van der Waals surface area contributed by atoms with E-state index in [0.29, 0.717) is 35.3 Å². The highest BCUT2D eigenvalue weighted by Crippen LogP contribution is 2.31. The van der Waals surface area contributed by atoms with Gasteiger partial charge < -0.3 is 14.8 Å². The minimum Gasteiger partial charge on any atom is -0.486 e. The number of nitrogens with one attached hydrogen (secondary N) is 1. The molecule has 0 aromatic heterocycles. The van der Waals surface area contributed by atoms with Gasteiger partial charge in [-0.2, -0.15) is 0 Å². The van der Waals surface area contributed by atoms with Crippen molar-refractivity contribution in [1.29, 1.82) is 0 Å². The van der Waals surface area contributed by atoms with Crippen molar-refractivity contribution in [3.8, 4) is 11.5 Å². The largest absolute Gasteiger partial charge is 0.486 e. The van der Waals surface area contributed by atoms with Crippen LogP contribution in [0.15, 0.2) is 36.4 Å². The fourth-order valence-electron chi connectivity index (χ4n) is 2.28. The van der Waals surface area contributed by atoms with Crippen LogP contribution in [0.1, 0.15) is 15.9 Å². The molecule has 0 fully saturated rings. The highest BCUT2D eigenvalue weighted by Gasteiger charge is 2.15. The Morgan fingerprint density at radius 1 is 1.14 bits per heavy atom. The minimum atomic E-state index is -0.0173. The average Bonchev–Trinajstić information content (AvgIpc) is 2.55. The summed E-state index contributed by atoms with van der Waals surface area (Å²) in [5, 5.41) is 3.76. The van der Waals surface area contributed by atoms with Crippen LogP contribution >= 0.6 is 11.6 Å². The maximum Gasteiger partial charge on any atom is 0.181 e. The minimum absolute atomic E-state index is 0.0173. The third kappa shape index (κ3) is 3.17. The highest BCUT2D eigenvalue weighted by molar-refractivity contribution is 6.30. The number of halogens is 1. The molecule has 0 atom stereocenters. The number of ketones is 1. The van der Waals surface area contributed by atoms with Gasteiger partial charge in [-0.25, -0.2) is 0 Å². The predicted octanol–water partition coefficient (Wildman–Crippen LogP) is 3.71. The van der Waals surface area contributed by atoms with Gasteiger partial charge in [0.15, 0.2) is 17.3 Å². The lowest BCUT2D eigenvalue weighted by Gasteiger charge is -2.18. The zero-order chi connectivity index (χ0) is 15.5. The summed E-state index contributed by atoms with van der Waals surface area (Å²) >= 11 is 5.97. The summed E-state index contributed by atoms with van der Waals surface area (Å²) in [6.07, 6.45) is 0. The molecule has 0 spiro atoms. The van der Waals surface area contributed by atoms with Gasteiger partial charge in [0.05, 0.1) is 6.54 Å². The fourth-order valence-corrected chi connectivity index (χ4v) is 2.45. The monoisotopic (exact) mass is 317 g/mol. The Bertz CT molecular complexity index is 715. The van der Waals surface area contributed by atoms with E-state index in [9.17, 15) is 4.79 Å². The van der Waals surface area contributed by atoms with Gasteiger partial charge in [0.25, 0.3) is 0 Å². The van der Waals surface area contributed by atoms with Crippen LogP contribution in [0.4, 0.5) is 5.69 Å². The van der Waals surface area contributed by atoms with E-state index in [1.165, 1.54) is 0 Å². The summed E-state index contributed by atoms with van der Waals surface area (Å²) in [6, 6.07) is 10.8. The number of ether oxygens (including phenoxy) is 2. The van der Waals surface area contributed by atoms with Crippen molar-refractivity contribution in [1.82, 2.24) is 0 Å². The Kier molecular flexibility index (Phi) is 4.20. The number of anilines is 1. The third-order valence-corrected chi connectivity index (χ3v) is 3.74. The van der Waals surface area contributed by atoms with E-state index >= 15 is 0 Å². The molecule has 5 heteroatoms.